The molecule has 1 atom stereocenters. The van der Waals surface area contributed by atoms with Gasteiger partial charge in [0.1, 0.15) is 19.3 Å². The van der Waals surface area contributed by atoms with Gasteiger partial charge in [-0.05, 0) is 42.2 Å². The van der Waals surface area contributed by atoms with Crippen LogP contribution in [0.5, 0.6) is 0 Å². The second-order valence-corrected chi connectivity index (χ2v) is 10.2. The van der Waals surface area contributed by atoms with E-state index in [9.17, 15) is 24.0 Å². The minimum atomic E-state index is -1.32. The van der Waals surface area contributed by atoms with Gasteiger partial charge in [-0.3, -0.25) is 9.59 Å². The number of benzene rings is 3. The van der Waals surface area contributed by atoms with Crippen LogP contribution < -0.4 is 16.4 Å². The molecule has 11 nitrogen and oxygen atoms in total. The Labute approximate surface area is 255 Å². The molecule has 11 heteroatoms. The molecule has 1 heterocycles. The van der Waals surface area contributed by atoms with Crippen molar-refractivity contribution in [3.05, 3.63) is 114 Å². The van der Waals surface area contributed by atoms with Crippen molar-refractivity contribution in [2.45, 2.75) is 25.5 Å². The van der Waals surface area contributed by atoms with Crippen molar-refractivity contribution in [3.63, 3.8) is 0 Å². The van der Waals surface area contributed by atoms with E-state index in [0.717, 1.165) is 5.56 Å². The lowest BCUT2D eigenvalue weighted by Crippen LogP contribution is -2.42. The number of hydrogen-bond acceptors (Lipinski definition) is 7. The first-order valence-corrected chi connectivity index (χ1v) is 14.1. The minimum Gasteiger partial charge on any atom is -0.458 e. The fraction of sp³-hybridized carbons (Fsp3) is 0.242. The summed E-state index contributed by atoms with van der Waals surface area (Å²) in [6, 6.07) is 19.8. The molecule has 0 saturated carbocycles. The zero-order chi connectivity index (χ0) is 31.5. The second kappa shape index (κ2) is 15.1. The van der Waals surface area contributed by atoms with Crippen molar-refractivity contribution in [1.82, 2.24) is 10.2 Å². The van der Waals surface area contributed by atoms with Gasteiger partial charge >= 0.3 is 18.1 Å². The van der Waals surface area contributed by atoms with Crippen LogP contribution in [-0.4, -0.2) is 54.4 Å². The molecule has 1 aliphatic heterocycles. The van der Waals surface area contributed by atoms with E-state index >= 15 is 0 Å². The van der Waals surface area contributed by atoms with Gasteiger partial charge in [0.2, 0.25) is 5.91 Å². The van der Waals surface area contributed by atoms with E-state index in [0.29, 0.717) is 25.9 Å². The van der Waals surface area contributed by atoms with Gasteiger partial charge < -0.3 is 30.7 Å². The number of anilines is 1. The van der Waals surface area contributed by atoms with Crippen LogP contribution in [0.25, 0.3) is 0 Å². The van der Waals surface area contributed by atoms with Crippen molar-refractivity contribution in [1.29, 1.82) is 0 Å². The van der Waals surface area contributed by atoms with Crippen LogP contribution in [0, 0.1) is 5.92 Å². The smallest absolute Gasteiger partial charge is 0.410 e. The molecule has 3 aromatic carbocycles. The number of nitrogens with two attached hydrogens (primary N) is 1. The Morgan fingerprint density at radius 2 is 1.64 bits per heavy atom. The average molecular weight is 599 g/mol. The molecule has 4 N–H and O–H groups in total. The quantitative estimate of drug-likeness (QED) is 0.165. The SMILES string of the molecule is C=CCOC(=O)c1cccc(NC(=O)NC(C(N)=O)c2ccccc2C(=O)C2CCN(C(=O)OCc3ccccc3)CC2)c1. The Morgan fingerprint density at radius 1 is 0.932 bits per heavy atom. The van der Waals surface area contributed by atoms with Gasteiger partial charge in [0.15, 0.2) is 5.78 Å². The first-order chi connectivity index (χ1) is 21.3. The molecule has 228 valence electrons. The van der Waals surface area contributed by atoms with Crippen LogP contribution >= 0.6 is 0 Å². The van der Waals surface area contributed by atoms with E-state index < -0.39 is 36.0 Å². The number of likely N-dealkylation sites (tertiary alicyclic amines) is 1. The maximum Gasteiger partial charge on any atom is 0.410 e. The fourth-order valence-corrected chi connectivity index (χ4v) is 4.87. The van der Waals surface area contributed by atoms with E-state index in [1.807, 2.05) is 30.3 Å². The second-order valence-electron chi connectivity index (χ2n) is 10.2. The van der Waals surface area contributed by atoms with Crippen LogP contribution in [0.15, 0.2) is 91.5 Å². The molecule has 4 amide bonds. The van der Waals surface area contributed by atoms with Gasteiger partial charge in [-0.15, -0.1) is 0 Å². The third-order valence-corrected chi connectivity index (χ3v) is 7.11. The number of Topliss-reactive ketones (excluding diaryl/α,β-unsaturated/α-hetero) is 1. The monoisotopic (exact) mass is 598 g/mol. The number of ketones is 1. The Balaban J connectivity index is 1.38. The Bertz CT molecular complexity index is 1520. The largest absolute Gasteiger partial charge is 0.458 e. The van der Waals surface area contributed by atoms with Crippen LogP contribution in [0.4, 0.5) is 15.3 Å². The van der Waals surface area contributed by atoms with Crippen LogP contribution in [0.3, 0.4) is 0 Å². The normalized spacial score (nSPS) is 13.7. The van der Waals surface area contributed by atoms with Gasteiger partial charge in [-0.1, -0.05) is 73.3 Å². The number of amides is 4. The number of esters is 1. The van der Waals surface area contributed by atoms with Gasteiger partial charge in [-0.2, -0.15) is 0 Å². The topological polar surface area (TPSA) is 157 Å². The molecule has 44 heavy (non-hydrogen) atoms. The highest BCUT2D eigenvalue weighted by Gasteiger charge is 2.32. The molecule has 0 aliphatic carbocycles. The van der Waals surface area contributed by atoms with E-state index in [1.54, 1.807) is 41.3 Å². The van der Waals surface area contributed by atoms with Crippen molar-refractivity contribution in [2.24, 2.45) is 11.7 Å². The third kappa shape index (κ3) is 8.31. The summed E-state index contributed by atoms with van der Waals surface area (Å²) < 4.78 is 10.4. The summed E-state index contributed by atoms with van der Waals surface area (Å²) in [5.41, 5.74) is 7.55. The van der Waals surface area contributed by atoms with Crippen LogP contribution in [-0.2, 0) is 20.9 Å². The fourth-order valence-electron chi connectivity index (χ4n) is 4.87. The first-order valence-electron chi connectivity index (χ1n) is 14.1. The maximum atomic E-state index is 13.6. The lowest BCUT2D eigenvalue weighted by Gasteiger charge is -2.31. The molecule has 0 bridgehead atoms. The van der Waals surface area contributed by atoms with Gasteiger partial charge in [0.05, 0.1) is 5.56 Å². The summed E-state index contributed by atoms with van der Waals surface area (Å²) in [6.45, 7) is 4.38. The predicted molar refractivity (Wildman–Crippen MR) is 163 cm³/mol. The molecule has 1 aliphatic rings. The van der Waals surface area contributed by atoms with Crippen LogP contribution in [0.1, 0.15) is 50.7 Å². The molecule has 1 saturated heterocycles. The molecule has 3 aromatic rings. The minimum absolute atomic E-state index is 0.0375. The summed E-state index contributed by atoms with van der Waals surface area (Å²) in [4.78, 5) is 65.3. The summed E-state index contributed by atoms with van der Waals surface area (Å²) in [5, 5.41) is 5.11. The number of rotatable bonds is 11. The molecule has 4 rings (SSSR count). The lowest BCUT2D eigenvalue weighted by atomic mass is 9.85. The number of nitrogens with zero attached hydrogens (tertiary/aromatic N) is 1. The summed E-state index contributed by atoms with van der Waals surface area (Å²) >= 11 is 0. The lowest BCUT2D eigenvalue weighted by molar-refractivity contribution is -0.119. The molecule has 0 spiro atoms. The van der Waals surface area contributed by atoms with Crippen molar-refractivity contribution >= 4 is 35.5 Å². The number of carbonyl (C=O) groups is 5. The van der Waals surface area contributed by atoms with Gasteiger partial charge in [-0.25, -0.2) is 14.4 Å². The molecule has 0 radical (unpaired) electrons. The highest BCUT2D eigenvalue weighted by Crippen LogP contribution is 2.27. The number of urea groups is 1. The molecular weight excluding hydrogens is 564 g/mol. The summed E-state index contributed by atoms with van der Waals surface area (Å²) in [7, 11) is 0. The van der Waals surface area contributed by atoms with E-state index in [2.05, 4.69) is 17.2 Å². The number of hydrogen-bond donors (Lipinski definition) is 3. The Kier molecular flexibility index (Phi) is 10.8. The average Bonchev–Trinajstić information content (AvgIpc) is 3.05. The number of carbonyl (C=O) groups excluding carboxylic acids is 5. The molecular formula is C33H34N4O7. The van der Waals surface area contributed by atoms with E-state index in [1.165, 1.54) is 18.2 Å². The van der Waals surface area contributed by atoms with Gasteiger partial charge in [0.25, 0.3) is 0 Å². The van der Waals surface area contributed by atoms with Crippen molar-refractivity contribution < 1.29 is 33.4 Å². The number of piperidine rings is 1. The van der Waals surface area contributed by atoms with Crippen molar-refractivity contribution in [3.8, 4) is 0 Å². The summed E-state index contributed by atoms with van der Waals surface area (Å²) in [6.07, 6.45) is 1.82. The highest BCUT2D eigenvalue weighted by atomic mass is 16.6. The maximum absolute atomic E-state index is 13.6. The molecule has 1 unspecified atom stereocenters. The van der Waals surface area contributed by atoms with Crippen LogP contribution in [0.2, 0.25) is 0 Å². The molecule has 0 aromatic heterocycles. The van der Waals surface area contributed by atoms with Gasteiger partial charge in [0, 0.05) is 30.3 Å². The molecule has 1 fully saturated rings. The number of primary amides is 1. The predicted octanol–water partition coefficient (Wildman–Crippen LogP) is 4.61. The number of nitrogens with one attached hydrogen (secondary N) is 2. The summed E-state index contributed by atoms with van der Waals surface area (Å²) in [5.74, 6) is -2.07. The highest BCUT2D eigenvalue weighted by molar-refractivity contribution is 6.02. The third-order valence-electron chi connectivity index (χ3n) is 7.11. The van der Waals surface area contributed by atoms with Crippen molar-refractivity contribution in [2.75, 3.05) is 25.0 Å². The Morgan fingerprint density at radius 3 is 2.34 bits per heavy atom. The van der Waals surface area contributed by atoms with E-state index in [4.69, 9.17) is 15.2 Å². The first kappa shape index (κ1) is 31.5. The zero-order valence-electron chi connectivity index (χ0n) is 24.1. The number of ether oxygens (including phenoxy) is 2. The Hall–Kier alpha value is -5.45. The zero-order valence-corrected chi connectivity index (χ0v) is 24.1. The van der Waals surface area contributed by atoms with E-state index in [-0.39, 0.29) is 41.4 Å². The standard InChI is InChI=1S/C33H34N4O7/c1-2-19-43-31(40)24-11-8-12-25(20-24)35-32(41)36-28(30(34)39)26-13-6-7-14-27(26)29(38)23-15-17-37(18-16-23)33(42)44-21-22-9-4-3-5-10-22/h2-14,20,23,28H,1,15-19,21H2,(H2,34,39)(H2,35,36,41).